The molecule has 2 aromatic rings. The standard InChI is InChI=1S/C20H26N2O2/c1-4-6-7-11-14-17-21-15(3)18(20(23)24-5-2)19(22-17)16-12-9-8-10-13-16/h8-10,12-13H,4-7,11,14H2,1-3H3. The Morgan fingerprint density at radius 3 is 2.46 bits per heavy atom. The Labute approximate surface area is 144 Å². The van der Waals surface area contributed by atoms with Crippen LogP contribution in [0.2, 0.25) is 0 Å². The number of carbonyl (C=O) groups is 1. The van der Waals surface area contributed by atoms with Gasteiger partial charge in [-0.15, -0.1) is 0 Å². The number of unbranched alkanes of at least 4 members (excludes halogenated alkanes) is 3. The molecule has 2 rings (SSSR count). The molecule has 0 N–H and O–H groups in total. The van der Waals surface area contributed by atoms with Crippen molar-refractivity contribution < 1.29 is 9.53 Å². The van der Waals surface area contributed by atoms with Crippen molar-refractivity contribution in [3.05, 3.63) is 47.4 Å². The van der Waals surface area contributed by atoms with E-state index >= 15 is 0 Å². The van der Waals surface area contributed by atoms with Crippen LogP contribution in [-0.4, -0.2) is 22.5 Å². The molecule has 1 heterocycles. The Kier molecular flexibility index (Phi) is 6.91. The van der Waals surface area contributed by atoms with Crippen LogP contribution in [0.3, 0.4) is 0 Å². The summed E-state index contributed by atoms with van der Waals surface area (Å²) in [6, 6.07) is 9.77. The summed E-state index contributed by atoms with van der Waals surface area (Å²) in [6.07, 6.45) is 5.52. The van der Waals surface area contributed by atoms with Gasteiger partial charge < -0.3 is 4.74 Å². The van der Waals surface area contributed by atoms with E-state index in [4.69, 9.17) is 9.72 Å². The summed E-state index contributed by atoms with van der Waals surface area (Å²) < 4.78 is 5.20. The van der Waals surface area contributed by atoms with Gasteiger partial charge in [-0.05, 0) is 20.3 Å². The summed E-state index contributed by atoms with van der Waals surface area (Å²) in [4.78, 5) is 21.6. The van der Waals surface area contributed by atoms with E-state index in [-0.39, 0.29) is 5.97 Å². The molecule has 0 aliphatic carbocycles. The van der Waals surface area contributed by atoms with Crippen molar-refractivity contribution in [1.82, 2.24) is 9.97 Å². The quantitative estimate of drug-likeness (QED) is 0.519. The molecule has 0 unspecified atom stereocenters. The fourth-order valence-electron chi connectivity index (χ4n) is 2.71. The third kappa shape index (κ3) is 4.63. The van der Waals surface area contributed by atoms with Gasteiger partial charge in [0.15, 0.2) is 0 Å². The van der Waals surface area contributed by atoms with Crippen LogP contribution in [0.1, 0.15) is 61.4 Å². The van der Waals surface area contributed by atoms with Gasteiger partial charge in [0.1, 0.15) is 11.4 Å². The van der Waals surface area contributed by atoms with Gasteiger partial charge in [0.25, 0.3) is 0 Å². The molecule has 0 fully saturated rings. The highest BCUT2D eigenvalue weighted by atomic mass is 16.5. The van der Waals surface area contributed by atoms with Crippen LogP contribution in [0.5, 0.6) is 0 Å². The molecular formula is C20H26N2O2. The smallest absolute Gasteiger partial charge is 0.342 e. The molecule has 0 aliphatic heterocycles. The molecule has 128 valence electrons. The summed E-state index contributed by atoms with van der Waals surface area (Å²) in [7, 11) is 0. The lowest BCUT2D eigenvalue weighted by Gasteiger charge is -2.13. The minimum Gasteiger partial charge on any atom is -0.462 e. The molecule has 1 aromatic carbocycles. The Bertz CT molecular complexity index is 669. The molecule has 0 atom stereocenters. The first-order valence-electron chi connectivity index (χ1n) is 8.77. The largest absolute Gasteiger partial charge is 0.462 e. The van der Waals surface area contributed by atoms with Gasteiger partial charge in [0.2, 0.25) is 0 Å². The maximum Gasteiger partial charge on any atom is 0.342 e. The van der Waals surface area contributed by atoms with Crippen molar-refractivity contribution in [2.45, 2.75) is 52.9 Å². The van der Waals surface area contributed by atoms with Crippen LogP contribution < -0.4 is 0 Å². The number of benzene rings is 1. The number of rotatable bonds is 8. The normalized spacial score (nSPS) is 10.6. The minimum atomic E-state index is -0.355. The summed E-state index contributed by atoms with van der Waals surface area (Å²) in [5, 5.41) is 0. The van der Waals surface area contributed by atoms with Crippen molar-refractivity contribution in [2.75, 3.05) is 6.61 Å². The number of hydrogen-bond donors (Lipinski definition) is 0. The summed E-state index contributed by atoms with van der Waals surface area (Å²) in [6.45, 7) is 6.20. The predicted molar refractivity (Wildman–Crippen MR) is 96.0 cm³/mol. The van der Waals surface area contributed by atoms with Gasteiger partial charge in [-0.2, -0.15) is 0 Å². The molecule has 24 heavy (non-hydrogen) atoms. The van der Waals surface area contributed by atoms with Crippen LogP contribution in [0.25, 0.3) is 11.3 Å². The molecule has 0 radical (unpaired) electrons. The number of aromatic nitrogens is 2. The SMILES string of the molecule is CCCCCCc1nc(C)c(C(=O)OCC)c(-c2ccccc2)n1. The number of nitrogens with zero attached hydrogens (tertiary/aromatic N) is 2. The highest BCUT2D eigenvalue weighted by Crippen LogP contribution is 2.25. The molecule has 0 spiro atoms. The second-order valence-electron chi connectivity index (χ2n) is 5.85. The van der Waals surface area contributed by atoms with E-state index in [9.17, 15) is 4.79 Å². The summed E-state index contributed by atoms with van der Waals surface area (Å²) in [5.74, 6) is 0.446. The topological polar surface area (TPSA) is 52.1 Å². The van der Waals surface area contributed by atoms with E-state index in [0.717, 1.165) is 24.2 Å². The molecule has 0 bridgehead atoms. The summed E-state index contributed by atoms with van der Waals surface area (Å²) in [5.41, 5.74) is 2.75. The number of esters is 1. The molecule has 4 heteroatoms. The van der Waals surface area contributed by atoms with Crippen LogP contribution >= 0.6 is 0 Å². The van der Waals surface area contributed by atoms with Gasteiger partial charge in [-0.1, -0.05) is 56.5 Å². The maximum absolute atomic E-state index is 12.4. The number of aryl methyl sites for hydroxylation is 2. The van der Waals surface area contributed by atoms with E-state index in [1.807, 2.05) is 37.3 Å². The van der Waals surface area contributed by atoms with Crippen molar-refractivity contribution in [2.24, 2.45) is 0 Å². The van der Waals surface area contributed by atoms with E-state index in [2.05, 4.69) is 11.9 Å². The van der Waals surface area contributed by atoms with E-state index < -0.39 is 0 Å². The van der Waals surface area contributed by atoms with E-state index in [0.29, 0.717) is 23.6 Å². The van der Waals surface area contributed by atoms with Crippen molar-refractivity contribution in [3.63, 3.8) is 0 Å². The van der Waals surface area contributed by atoms with Crippen LogP contribution in [0.15, 0.2) is 30.3 Å². The van der Waals surface area contributed by atoms with E-state index in [1.165, 1.54) is 19.3 Å². The second-order valence-corrected chi connectivity index (χ2v) is 5.85. The van der Waals surface area contributed by atoms with Gasteiger partial charge in [-0.3, -0.25) is 0 Å². The molecule has 1 aromatic heterocycles. The first kappa shape index (κ1) is 18.1. The average molecular weight is 326 g/mol. The fourth-order valence-corrected chi connectivity index (χ4v) is 2.71. The Morgan fingerprint density at radius 2 is 1.79 bits per heavy atom. The fraction of sp³-hybridized carbons (Fsp3) is 0.450. The van der Waals surface area contributed by atoms with Crippen LogP contribution in [0.4, 0.5) is 0 Å². The van der Waals surface area contributed by atoms with E-state index in [1.54, 1.807) is 6.92 Å². The van der Waals surface area contributed by atoms with Crippen molar-refractivity contribution >= 4 is 5.97 Å². The van der Waals surface area contributed by atoms with Crippen LogP contribution in [0, 0.1) is 6.92 Å². The lowest BCUT2D eigenvalue weighted by Crippen LogP contribution is -2.13. The molecule has 4 nitrogen and oxygen atoms in total. The number of ether oxygens (including phenoxy) is 1. The summed E-state index contributed by atoms with van der Waals surface area (Å²) >= 11 is 0. The zero-order valence-electron chi connectivity index (χ0n) is 14.8. The Balaban J connectivity index is 2.38. The van der Waals surface area contributed by atoms with Crippen molar-refractivity contribution in [1.29, 1.82) is 0 Å². The third-order valence-corrected chi connectivity index (χ3v) is 3.92. The number of hydrogen-bond acceptors (Lipinski definition) is 4. The minimum absolute atomic E-state index is 0.339. The zero-order chi connectivity index (χ0) is 17.4. The van der Waals surface area contributed by atoms with Crippen LogP contribution in [-0.2, 0) is 11.2 Å². The van der Waals surface area contributed by atoms with Gasteiger partial charge in [-0.25, -0.2) is 14.8 Å². The maximum atomic E-state index is 12.4. The lowest BCUT2D eigenvalue weighted by atomic mass is 10.0. The van der Waals surface area contributed by atoms with Gasteiger partial charge >= 0.3 is 5.97 Å². The number of carbonyl (C=O) groups excluding carboxylic acids is 1. The Hall–Kier alpha value is -2.23. The first-order valence-corrected chi connectivity index (χ1v) is 8.77. The van der Waals surface area contributed by atoms with Gasteiger partial charge in [0, 0.05) is 12.0 Å². The monoisotopic (exact) mass is 326 g/mol. The first-order chi connectivity index (χ1) is 11.7. The molecule has 0 saturated carbocycles. The van der Waals surface area contributed by atoms with Gasteiger partial charge in [0.05, 0.1) is 18.0 Å². The lowest BCUT2D eigenvalue weighted by molar-refractivity contribution is 0.0525. The molecule has 0 aliphatic rings. The molecule has 0 amide bonds. The second kappa shape index (κ2) is 9.16. The third-order valence-electron chi connectivity index (χ3n) is 3.92. The average Bonchev–Trinajstić information content (AvgIpc) is 2.59. The van der Waals surface area contributed by atoms with Crippen molar-refractivity contribution in [3.8, 4) is 11.3 Å². The Morgan fingerprint density at radius 1 is 1.04 bits per heavy atom. The molecule has 0 saturated heterocycles. The molecular weight excluding hydrogens is 300 g/mol. The highest BCUT2D eigenvalue weighted by molar-refractivity contribution is 5.97. The zero-order valence-corrected chi connectivity index (χ0v) is 14.8. The predicted octanol–water partition coefficient (Wildman–Crippen LogP) is 4.75. The highest BCUT2D eigenvalue weighted by Gasteiger charge is 2.20.